The molecule has 1 amide bonds. The Morgan fingerprint density at radius 1 is 1.19 bits per heavy atom. The molecule has 1 aromatic rings. The van der Waals surface area contributed by atoms with Crippen molar-refractivity contribution in [2.45, 2.75) is 26.0 Å². The molecule has 0 aliphatic carbocycles. The molecule has 0 saturated heterocycles. The molecular weight excluding hydrogens is 377 g/mol. The highest BCUT2D eigenvalue weighted by Gasteiger charge is 2.29. The van der Waals surface area contributed by atoms with Gasteiger partial charge < -0.3 is 24.4 Å². The Kier molecular flexibility index (Phi) is 9.53. The molecule has 2 N–H and O–H groups in total. The van der Waals surface area contributed by atoms with E-state index >= 15 is 0 Å². The second-order valence-electron chi connectivity index (χ2n) is 5.60. The van der Waals surface area contributed by atoms with Gasteiger partial charge in [0.15, 0.2) is 0 Å². The van der Waals surface area contributed by atoms with E-state index in [0.717, 1.165) is 12.7 Å². The lowest BCUT2D eigenvalue weighted by molar-refractivity contribution is -0.143. The third-order valence-electron chi connectivity index (χ3n) is 3.44. The lowest BCUT2D eigenvalue weighted by Crippen LogP contribution is -2.42. The first-order valence-electron chi connectivity index (χ1n) is 8.29. The van der Waals surface area contributed by atoms with Gasteiger partial charge in [0, 0.05) is 6.16 Å². The van der Waals surface area contributed by atoms with Crippen molar-refractivity contribution < 1.29 is 38.1 Å². The van der Waals surface area contributed by atoms with Crippen molar-refractivity contribution in [1.29, 1.82) is 0 Å². The van der Waals surface area contributed by atoms with E-state index in [9.17, 15) is 23.8 Å². The molecule has 0 heterocycles. The third-order valence-corrected chi connectivity index (χ3v) is 5.15. The fraction of sp³-hybridized carbons (Fsp3) is 0.471. The summed E-state index contributed by atoms with van der Waals surface area (Å²) in [6.07, 6.45) is -2.09. The number of rotatable bonds is 10. The zero-order valence-electron chi connectivity index (χ0n) is 15.3. The van der Waals surface area contributed by atoms with Gasteiger partial charge in [0.1, 0.15) is 18.8 Å². The summed E-state index contributed by atoms with van der Waals surface area (Å²) in [5, 5.41) is 2.30. The van der Waals surface area contributed by atoms with Crippen molar-refractivity contribution in [3.05, 3.63) is 35.9 Å². The van der Waals surface area contributed by atoms with E-state index in [0.29, 0.717) is 0 Å². The van der Waals surface area contributed by atoms with Gasteiger partial charge in [-0.05, 0) is 18.9 Å². The average molecular weight is 401 g/mol. The van der Waals surface area contributed by atoms with Gasteiger partial charge in [-0.15, -0.1) is 0 Å². The molecule has 1 unspecified atom stereocenters. The molecule has 0 aliphatic heterocycles. The first kappa shape index (κ1) is 22.7. The molecule has 0 spiro atoms. The van der Waals surface area contributed by atoms with E-state index in [1.54, 1.807) is 31.2 Å². The second kappa shape index (κ2) is 11.4. The molecule has 1 rings (SSSR count). The highest BCUT2D eigenvalue weighted by molar-refractivity contribution is 7.58. The molecule has 27 heavy (non-hydrogen) atoms. The molecule has 150 valence electrons. The van der Waals surface area contributed by atoms with Crippen molar-refractivity contribution >= 4 is 25.4 Å². The van der Waals surface area contributed by atoms with Gasteiger partial charge >= 0.3 is 18.0 Å². The smallest absolute Gasteiger partial charge is 0.408 e. The average Bonchev–Trinajstić information content (AvgIpc) is 2.63. The lowest BCUT2D eigenvalue weighted by Gasteiger charge is -2.18. The number of ether oxygens (including phenoxy) is 3. The highest BCUT2D eigenvalue weighted by atomic mass is 31.2. The number of alkyl carbamates (subject to hydrolysis) is 1. The van der Waals surface area contributed by atoms with E-state index in [4.69, 9.17) is 4.74 Å². The SMILES string of the molecule is CCOC(=O)CP(=O)(O)CC[C@H](NC(=O)OCc1ccccc1)C(=O)OC. The number of hydrogen-bond acceptors (Lipinski definition) is 7. The Morgan fingerprint density at radius 2 is 1.85 bits per heavy atom. The van der Waals surface area contributed by atoms with Gasteiger partial charge in [-0.1, -0.05) is 30.3 Å². The Hall–Kier alpha value is -2.38. The van der Waals surface area contributed by atoms with Gasteiger partial charge in [-0.25, -0.2) is 9.59 Å². The van der Waals surface area contributed by atoms with Crippen molar-refractivity contribution in [1.82, 2.24) is 5.32 Å². The summed E-state index contributed by atoms with van der Waals surface area (Å²) < 4.78 is 26.3. The van der Waals surface area contributed by atoms with Crippen LogP contribution >= 0.6 is 7.37 Å². The number of carbonyl (C=O) groups is 3. The summed E-state index contributed by atoms with van der Waals surface area (Å²) in [6, 6.07) is 7.75. The summed E-state index contributed by atoms with van der Waals surface area (Å²) in [7, 11) is -2.74. The van der Waals surface area contributed by atoms with Crippen LogP contribution in [0.1, 0.15) is 18.9 Å². The van der Waals surface area contributed by atoms with Crippen molar-refractivity contribution in [3.63, 3.8) is 0 Å². The number of methoxy groups -OCH3 is 1. The fourth-order valence-electron chi connectivity index (χ4n) is 2.12. The summed E-state index contributed by atoms with van der Waals surface area (Å²) in [5.74, 6) is -1.59. The van der Waals surface area contributed by atoms with Crippen molar-refractivity contribution in [3.8, 4) is 0 Å². The topological polar surface area (TPSA) is 128 Å². The summed E-state index contributed by atoms with van der Waals surface area (Å²) >= 11 is 0. The fourth-order valence-corrected chi connectivity index (χ4v) is 3.43. The molecule has 10 heteroatoms. The Morgan fingerprint density at radius 3 is 2.44 bits per heavy atom. The molecule has 0 aliphatic rings. The maximum atomic E-state index is 12.1. The predicted octanol–water partition coefficient (Wildman–Crippen LogP) is 1.68. The maximum Gasteiger partial charge on any atom is 0.408 e. The Labute approximate surface area is 157 Å². The van der Waals surface area contributed by atoms with E-state index in [1.165, 1.54) is 0 Å². The Bertz CT molecular complexity index is 679. The summed E-state index contributed by atoms with van der Waals surface area (Å²) in [4.78, 5) is 44.9. The van der Waals surface area contributed by atoms with E-state index in [2.05, 4.69) is 14.8 Å². The summed E-state index contributed by atoms with van der Waals surface area (Å²) in [5.41, 5.74) is 0.761. The van der Waals surface area contributed by atoms with Gasteiger partial charge in [0.2, 0.25) is 7.37 Å². The van der Waals surface area contributed by atoms with E-state index < -0.39 is 37.6 Å². The Balaban J connectivity index is 2.57. The van der Waals surface area contributed by atoms with Crippen molar-refractivity contribution in [2.24, 2.45) is 0 Å². The molecule has 1 aromatic carbocycles. The third kappa shape index (κ3) is 9.21. The zero-order valence-corrected chi connectivity index (χ0v) is 16.1. The van der Waals surface area contributed by atoms with Crippen LogP contribution in [0.2, 0.25) is 0 Å². The first-order chi connectivity index (χ1) is 12.8. The highest BCUT2D eigenvalue weighted by Crippen LogP contribution is 2.41. The number of hydrogen-bond donors (Lipinski definition) is 2. The largest absolute Gasteiger partial charge is 0.467 e. The van der Waals surface area contributed by atoms with Crippen LogP contribution < -0.4 is 5.32 Å². The minimum Gasteiger partial charge on any atom is -0.467 e. The lowest BCUT2D eigenvalue weighted by atomic mass is 10.2. The molecule has 2 atom stereocenters. The van der Waals surface area contributed by atoms with Gasteiger partial charge in [-0.2, -0.15) is 0 Å². The van der Waals surface area contributed by atoms with Gasteiger partial charge in [-0.3, -0.25) is 9.36 Å². The molecule has 0 bridgehead atoms. The van der Waals surface area contributed by atoms with Crippen LogP contribution in [0, 0.1) is 0 Å². The van der Waals surface area contributed by atoms with Crippen LogP contribution in [0.4, 0.5) is 4.79 Å². The predicted molar refractivity (Wildman–Crippen MR) is 96.4 cm³/mol. The molecule has 0 saturated carbocycles. The normalized spacial score (nSPS) is 13.7. The second-order valence-corrected chi connectivity index (χ2v) is 8.06. The minimum absolute atomic E-state index is 0.00190. The standard InChI is InChI=1S/C17H24NO8P/c1-3-25-15(19)12-27(22,23)10-9-14(16(20)24-2)18-17(21)26-11-13-7-5-4-6-8-13/h4-8,14H,3,9-12H2,1-2H3,(H,18,21)(H,22,23)/t14-/m0/s1. The van der Waals surface area contributed by atoms with Crippen molar-refractivity contribution in [2.75, 3.05) is 26.0 Å². The molecule has 0 aromatic heterocycles. The first-order valence-corrected chi connectivity index (χ1v) is 10.3. The molecule has 9 nitrogen and oxygen atoms in total. The summed E-state index contributed by atoms with van der Waals surface area (Å²) in [6.45, 7) is 1.68. The molecule has 0 radical (unpaired) electrons. The number of nitrogens with one attached hydrogen (secondary N) is 1. The van der Waals surface area contributed by atoms with Crippen LogP contribution in [-0.4, -0.2) is 55.0 Å². The minimum atomic E-state index is -3.86. The van der Waals surface area contributed by atoms with Gasteiger partial charge in [0.05, 0.1) is 13.7 Å². The quantitative estimate of drug-likeness (QED) is 0.344. The molecular formula is C17H24NO8P. The van der Waals surface area contributed by atoms with Gasteiger partial charge in [0.25, 0.3) is 0 Å². The maximum absolute atomic E-state index is 12.1. The van der Waals surface area contributed by atoms with E-state index in [1.807, 2.05) is 6.07 Å². The van der Waals surface area contributed by atoms with Crippen LogP contribution in [0.5, 0.6) is 0 Å². The van der Waals surface area contributed by atoms with Crippen LogP contribution in [0.3, 0.4) is 0 Å². The molecule has 0 fully saturated rings. The number of carbonyl (C=O) groups excluding carboxylic acids is 3. The van der Waals surface area contributed by atoms with Crippen LogP contribution in [-0.2, 0) is 35.0 Å². The van der Waals surface area contributed by atoms with E-state index in [-0.39, 0.29) is 25.8 Å². The van der Waals surface area contributed by atoms with Crippen LogP contribution in [0.15, 0.2) is 30.3 Å². The number of amides is 1. The zero-order chi connectivity index (χ0) is 20.3. The number of esters is 2. The monoisotopic (exact) mass is 401 g/mol. The van der Waals surface area contributed by atoms with Crippen LogP contribution in [0.25, 0.3) is 0 Å². The number of benzene rings is 1.